The van der Waals surface area contributed by atoms with E-state index in [0.717, 1.165) is 19.3 Å². The molecule has 0 aromatic rings. The van der Waals surface area contributed by atoms with Gasteiger partial charge in [-0.3, -0.25) is 14.5 Å². The highest BCUT2D eigenvalue weighted by Gasteiger charge is 2.46. The molecule has 6 heteroatoms. The van der Waals surface area contributed by atoms with Crippen LogP contribution in [0, 0.1) is 5.92 Å². The number of likely N-dealkylation sites (tertiary alicyclic amines) is 1. The number of rotatable bonds is 3. The van der Waals surface area contributed by atoms with Crippen molar-refractivity contribution in [3.8, 4) is 0 Å². The maximum Gasteiger partial charge on any atom is 0.320 e. The molecule has 3 fully saturated rings. The fourth-order valence-corrected chi connectivity index (χ4v) is 4.66. The standard InChI is InChI=1S/C17H28N2O4/c1-11-8-18(9-12(2)23-11)16(20)10-19-14-6-4-3-5-13(14)7-15(19)17(21)22/h11-15H,3-10H2,1-2H3,(H,21,22). The van der Waals surface area contributed by atoms with Crippen LogP contribution >= 0.6 is 0 Å². The molecule has 3 aliphatic rings. The molecule has 0 aromatic carbocycles. The molecule has 130 valence electrons. The zero-order valence-corrected chi connectivity index (χ0v) is 14.1. The van der Waals surface area contributed by atoms with Gasteiger partial charge in [-0.25, -0.2) is 0 Å². The fourth-order valence-electron chi connectivity index (χ4n) is 4.66. The third-order valence-electron chi connectivity index (χ3n) is 5.60. The molecule has 2 aliphatic heterocycles. The van der Waals surface area contributed by atoms with Gasteiger partial charge in [0.2, 0.25) is 5.91 Å². The first kappa shape index (κ1) is 16.7. The fraction of sp³-hybridized carbons (Fsp3) is 0.882. The van der Waals surface area contributed by atoms with Crippen molar-refractivity contribution >= 4 is 11.9 Å². The quantitative estimate of drug-likeness (QED) is 0.848. The first-order valence-electron chi connectivity index (χ1n) is 8.87. The molecule has 2 heterocycles. The summed E-state index contributed by atoms with van der Waals surface area (Å²) in [6.07, 6.45) is 5.24. The lowest BCUT2D eigenvalue weighted by molar-refractivity contribution is -0.148. The van der Waals surface area contributed by atoms with Gasteiger partial charge in [-0.15, -0.1) is 0 Å². The number of carbonyl (C=O) groups excluding carboxylic acids is 1. The molecule has 1 N–H and O–H groups in total. The summed E-state index contributed by atoms with van der Waals surface area (Å²) in [5, 5.41) is 9.55. The Hall–Kier alpha value is -1.14. The SMILES string of the molecule is CC1CN(C(=O)CN2C(C(=O)O)CC3CCCCC32)CC(C)O1. The van der Waals surface area contributed by atoms with Gasteiger partial charge in [-0.1, -0.05) is 12.8 Å². The first-order valence-corrected chi connectivity index (χ1v) is 8.87. The van der Waals surface area contributed by atoms with Crippen molar-refractivity contribution < 1.29 is 19.4 Å². The molecule has 0 bridgehead atoms. The molecule has 2 saturated heterocycles. The molecular weight excluding hydrogens is 296 g/mol. The lowest BCUT2D eigenvalue weighted by Crippen LogP contribution is -2.53. The molecule has 0 spiro atoms. The largest absolute Gasteiger partial charge is 0.480 e. The molecular formula is C17H28N2O4. The maximum absolute atomic E-state index is 12.7. The van der Waals surface area contributed by atoms with Crippen molar-refractivity contribution in [2.45, 2.75) is 70.2 Å². The van der Waals surface area contributed by atoms with Crippen LogP contribution in [-0.4, -0.2) is 70.7 Å². The van der Waals surface area contributed by atoms with E-state index in [1.165, 1.54) is 6.42 Å². The normalized spacial score (nSPS) is 38.3. The van der Waals surface area contributed by atoms with Gasteiger partial charge in [0.25, 0.3) is 0 Å². The highest BCUT2D eigenvalue weighted by molar-refractivity contribution is 5.80. The third kappa shape index (κ3) is 3.53. The van der Waals surface area contributed by atoms with Gasteiger partial charge in [-0.2, -0.15) is 0 Å². The number of nitrogens with zero attached hydrogens (tertiary/aromatic N) is 2. The molecule has 1 saturated carbocycles. The highest BCUT2D eigenvalue weighted by atomic mass is 16.5. The van der Waals surface area contributed by atoms with Crippen molar-refractivity contribution in [3.63, 3.8) is 0 Å². The van der Waals surface area contributed by atoms with Gasteiger partial charge in [-0.05, 0) is 39.0 Å². The Bertz CT molecular complexity index is 460. The van der Waals surface area contributed by atoms with E-state index in [1.807, 2.05) is 23.6 Å². The number of carboxylic acid groups (broad SMARTS) is 1. The van der Waals surface area contributed by atoms with Crippen LogP contribution in [0.4, 0.5) is 0 Å². The number of ether oxygens (including phenoxy) is 1. The number of carbonyl (C=O) groups is 2. The monoisotopic (exact) mass is 324 g/mol. The third-order valence-corrected chi connectivity index (χ3v) is 5.60. The summed E-state index contributed by atoms with van der Waals surface area (Å²) < 4.78 is 5.68. The minimum atomic E-state index is -0.782. The van der Waals surface area contributed by atoms with Crippen LogP contribution in [0.5, 0.6) is 0 Å². The summed E-state index contributed by atoms with van der Waals surface area (Å²) in [6.45, 7) is 5.38. The summed E-state index contributed by atoms with van der Waals surface area (Å²) in [4.78, 5) is 28.2. The Labute approximate surface area is 137 Å². The van der Waals surface area contributed by atoms with E-state index in [2.05, 4.69) is 0 Å². The van der Waals surface area contributed by atoms with E-state index < -0.39 is 12.0 Å². The van der Waals surface area contributed by atoms with Gasteiger partial charge in [0.1, 0.15) is 6.04 Å². The van der Waals surface area contributed by atoms with E-state index in [-0.39, 0.29) is 30.7 Å². The number of morpholine rings is 1. The van der Waals surface area contributed by atoms with Crippen molar-refractivity contribution in [1.82, 2.24) is 9.80 Å². The summed E-state index contributed by atoms with van der Waals surface area (Å²) in [6, 6.07) is -0.229. The summed E-state index contributed by atoms with van der Waals surface area (Å²) >= 11 is 0. The topological polar surface area (TPSA) is 70.1 Å². The Balaban J connectivity index is 1.68. The van der Waals surface area contributed by atoms with E-state index in [1.54, 1.807) is 0 Å². The molecule has 0 radical (unpaired) electrons. The van der Waals surface area contributed by atoms with Crippen LogP contribution in [0.1, 0.15) is 46.0 Å². The van der Waals surface area contributed by atoms with E-state index in [9.17, 15) is 14.7 Å². The minimum Gasteiger partial charge on any atom is -0.480 e. The summed E-state index contributed by atoms with van der Waals surface area (Å²) in [5.41, 5.74) is 0. The van der Waals surface area contributed by atoms with Crippen molar-refractivity contribution in [2.75, 3.05) is 19.6 Å². The second-order valence-corrected chi connectivity index (χ2v) is 7.43. The second kappa shape index (κ2) is 6.77. The highest BCUT2D eigenvalue weighted by Crippen LogP contribution is 2.39. The van der Waals surface area contributed by atoms with Gasteiger partial charge < -0.3 is 14.7 Å². The molecule has 5 unspecified atom stereocenters. The van der Waals surface area contributed by atoms with Crippen LogP contribution < -0.4 is 0 Å². The Morgan fingerprint density at radius 2 is 1.78 bits per heavy atom. The van der Waals surface area contributed by atoms with E-state index in [4.69, 9.17) is 4.74 Å². The predicted molar refractivity (Wildman–Crippen MR) is 85.1 cm³/mol. The lowest BCUT2D eigenvalue weighted by Gasteiger charge is -2.38. The van der Waals surface area contributed by atoms with Crippen molar-refractivity contribution in [1.29, 1.82) is 0 Å². The number of aliphatic carboxylic acids is 1. The Morgan fingerprint density at radius 3 is 2.43 bits per heavy atom. The van der Waals surface area contributed by atoms with Crippen molar-refractivity contribution in [3.05, 3.63) is 0 Å². The van der Waals surface area contributed by atoms with Gasteiger partial charge in [0.05, 0.1) is 18.8 Å². The molecule has 1 amide bonds. The second-order valence-electron chi connectivity index (χ2n) is 7.43. The Kier molecular flexibility index (Phi) is 4.92. The van der Waals surface area contributed by atoms with Crippen LogP contribution in [-0.2, 0) is 14.3 Å². The number of amides is 1. The van der Waals surface area contributed by atoms with Gasteiger partial charge in [0.15, 0.2) is 0 Å². The first-order chi connectivity index (χ1) is 11.0. The average molecular weight is 324 g/mol. The molecule has 5 atom stereocenters. The molecule has 1 aliphatic carbocycles. The Morgan fingerprint density at radius 1 is 1.13 bits per heavy atom. The van der Waals surface area contributed by atoms with Crippen LogP contribution in [0.2, 0.25) is 0 Å². The predicted octanol–water partition coefficient (Wildman–Crippen LogP) is 1.34. The average Bonchev–Trinajstić information content (AvgIpc) is 2.85. The number of carboxylic acids is 1. The van der Waals surface area contributed by atoms with Crippen LogP contribution in [0.15, 0.2) is 0 Å². The molecule has 23 heavy (non-hydrogen) atoms. The number of fused-ring (bicyclic) bond motifs is 1. The van der Waals surface area contributed by atoms with E-state index >= 15 is 0 Å². The summed E-state index contributed by atoms with van der Waals surface area (Å²) in [7, 11) is 0. The molecule has 0 aromatic heterocycles. The smallest absolute Gasteiger partial charge is 0.320 e. The summed E-state index contributed by atoms with van der Waals surface area (Å²) in [5.74, 6) is -0.291. The van der Waals surface area contributed by atoms with E-state index in [0.29, 0.717) is 25.4 Å². The number of hydrogen-bond donors (Lipinski definition) is 1. The van der Waals surface area contributed by atoms with Gasteiger partial charge >= 0.3 is 5.97 Å². The minimum absolute atomic E-state index is 0.0407. The van der Waals surface area contributed by atoms with Crippen LogP contribution in [0.3, 0.4) is 0 Å². The maximum atomic E-state index is 12.7. The number of hydrogen-bond acceptors (Lipinski definition) is 4. The van der Waals surface area contributed by atoms with Crippen molar-refractivity contribution in [2.24, 2.45) is 5.92 Å². The molecule has 3 rings (SSSR count). The molecule has 6 nitrogen and oxygen atoms in total. The zero-order valence-electron chi connectivity index (χ0n) is 14.1. The van der Waals surface area contributed by atoms with Crippen LogP contribution in [0.25, 0.3) is 0 Å². The van der Waals surface area contributed by atoms with Gasteiger partial charge in [0, 0.05) is 19.1 Å². The lowest BCUT2D eigenvalue weighted by atomic mass is 9.85. The zero-order chi connectivity index (χ0) is 16.6.